The maximum absolute atomic E-state index is 9.36. The molecule has 0 aliphatic heterocycles. The van der Waals surface area contributed by atoms with E-state index in [-0.39, 0.29) is 5.75 Å². The Kier molecular flexibility index (Phi) is 3.98. The van der Waals surface area contributed by atoms with Crippen molar-refractivity contribution in [3.63, 3.8) is 0 Å². The Balaban J connectivity index is 1.94. The number of rotatable bonds is 3. The monoisotopic (exact) mass is 309 g/mol. The molecule has 0 spiro atoms. The summed E-state index contributed by atoms with van der Waals surface area (Å²) in [6.45, 7) is 2.05. The molecular formula is C17H15N3OS. The van der Waals surface area contributed by atoms with Crippen LogP contribution >= 0.6 is 11.8 Å². The second kappa shape index (κ2) is 6.07. The number of phenols is 1. The number of hydrogen-bond donors (Lipinski definition) is 2. The van der Waals surface area contributed by atoms with Crippen LogP contribution in [0.1, 0.15) is 5.56 Å². The van der Waals surface area contributed by atoms with Crippen molar-refractivity contribution in [1.29, 1.82) is 0 Å². The molecule has 5 heteroatoms. The summed E-state index contributed by atoms with van der Waals surface area (Å²) in [6.07, 6.45) is 1.64. The summed E-state index contributed by atoms with van der Waals surface area (Å²) in [5.74, 6) is 0.635. The number of hydrogen-bond acceptors (Lipinski definition) is 5. The number of aryl methyl sites for hydroxylation is 1. The minimum Gasteiger partial charge on any atom is -0.508 e. The van der Waals surface area contributed by atoms with Gasteiger partial charge in [0.25, 0.3) is 0 Å². The minimum atomic E-state index is 0.224. The molecule has 3 aromatic rings. The zero-order valence-corrected chi connectivity index (χ0v) is 12.8. The van der Waals surface area contributed by atoms with Crippen molar-refractivity contribution in [2.24, 2.45) is 0 Å². The molecule has 0 radical (unpaired) electrons. The number of nitrogen functional groups attached to an aromatic ring is 1. The molecule has 0 saturated carbocycles. The highest BCUT2D eigenvalue weighted by atomic mass is 32.2. The van der Waals surface area contributed by atoms with Gasteiger partial charge in [-0.3, -0.25) is 0 Å². The molecule has 2 aromatic carbocycles. The first kappa shape index (κ1) is 14.4. The maximum atomic E-state index is 9.36. The molecule has 0 amide bonds. The van der Waals surface area contributed by atoms with Crippen LogP contribution in [0.3, 0.4) is 0 Å². The van der Waals surface area contributed by atoms with Crippen LogP contribution < -0.4 is 5.73 Å². The fraction of sp³-hybridized carbons (Fsp3) is 0.0588. The quantitative estimate of drug-likeness (QED) is 0.768. The molecule has 22 heavy (non-hydrogen) atoms. The Morgan fingerprint density at radius 1 is 1.09 bits per heavy atom. The van der Waals surface area contributed by atoms with E-state index in [9.17, 15) is 5.11 Å². The Labute approximate surface area is 133 Å². The first-order chi connectivity index (χ1) is 10.6. The summed E-state index contributed by atoms with van der Waals surface area (Å²) >= 11 is 1.49. The number of anilines is 1. The Bertz CT molecular complexity index is 803. The topological polar surface area (TPSA) is 72.0 Å². The van der Waals surface area contributed by atoms with E-state index in [2.05, 4.69) is 16.0 Å². The van der Waals surface area contributed by atoms with Crippen molar-refractivity contribution < 1.29 is 5.11 Å². The van der Waals surface area contributed by atoms with Gasteiger partial charge >= 0.3 is 0 Å². The number of aromatic nitrogens is 2. The Morgan fingerprint density at radius 3 is 2.59 bits per heavy atom. The third-order valence-corrected chi connectivity index (χ3v) is 4.12. The average Bonchev–Trinajstić information content (AvgIpc) is 2.50. The van der Waals surface area contributed by atoms with Gasteiger partial charge in [0.15, 0.2) is 5.82 Å². The van der Waals surface area contributed by atoms with Crippen LogP contribution in [-0.4, -0.2) is 15.1 Å². The molecule has 3 rings (SSSR count). The fourth-order valence-electron chi connectivity index (χ4n) is 2.02. The van der Waals surface area contributed by atoms with Crippen LogP contribution in [0.4, 0.5) is 5.82 Å². The van der Waals surface area contributed by atoms with Crippen LogP contribution in [0.5, 0.6) is 5.75 Å². The zero-order chi connectivity index (χ0) is 15.5. The van der Waals surface area contributed by atoms with E-state index in [0.29, 0.717) is 10.8 Å². The van der Waals surface area contributed by atoms with E-state index in [4.69, 9.17) is 5.73 Å². The number of aromatic hydroxyl groups is 1. The van der Waals surface area contributed by atoms with Gasteiger partial charge in [-0.1, -0.05) is 29.5 Å². The van der Waals surface area contributed by atoms with Crippen molar-refractivity contribution >= 4 is 17.6 Å². The van der Waals surface area contributed by atoms with Crippen LogP contribution in [-0.2, 0) is 0 Å². The summed E-state index contributed by atoms with van der Waals surface area (Å²) in [5.41, 5.74) is 8.74. The molecule has 0 fully saturated rings. The predicted molar refractivity (Wildman–Crippen MR) is 88.8 cm³/mol. The van der Waals surface area contributed by atoms with Crippen LogP contribution in [0.15, 0.2) is 64.6 Å². The highest BCUT2D eigenvalue weighted by molar-refractivity contribution is 7.99. The van der Waals surface area contributed by atoms with Crippen molar-refractivity contribution in [1.82, 2.24) is 9.97 Å². The van der Waals surface area contributed by atoms with Gasteiger partial charge in [0.2, 0.25) is 0 Å². The highest BCUT2D eigenvalue weighted by Crippen LogP contribution is 2.31. The fourth-order valence-corrected chi connectivity index (χ4v) is 2.93. The summed E-state index contributed by atoms with van der Waals surface area (Å²) in [4.78, 5) is 9.89. The van der Waals surface area contributed by atoms with Gasteiger partial charge in [0, 0.05) is 10.5 Å². The molecule has 0 unspecified atom stereocenters. The van der Waals surface area contributed by atoms with E-state index in [1.807, 2.05) is 25.1 Å². The molecule has 0 aliphatic carbocycles. The third kappa shape index (κ3) is 3.20. The molecule has 0 atom stereocenters. The number of phenolic OH excluding ortho intramolecular Hbond substituents is 1. The average molecular weight is 309 g/mol. The molecule has 0 aliphatic rings. The zero-order valence-electron chi connectivity index (χ0n) is 12.0. The molecular weight excluding hydrogens is 294 g/mol. The van der Waals surface area contributed by atoms with E-state index in [1.165, 1.54) is 17.3 Å². The van der Waals surface area contributed by atoms with Gasteiger partial charge in [0.05, 0.1) is 11.9 Å². The van der Waals surface area contributed by atoms with E-state index in [1.54, 1.807) is 30.5 Å². The summed E-state index contributed by atoms with van der Waals surface area (Å²) < 4.78 is 0. The standard InChI is InChI=1S/C17H15N3OS/c1-11-3-2-4-14(9-11)22-17-16(18)19-10-15(20-17)12-5-7-13(21)8-6-12/h2-10,21H,1H3,(H2,18,19). The van der Waals surface area contributed by atoms with Gasteiger partial charge in [-0.25, -0.2) is 9.97 Å². The third-order valence-electron chi connectivity index (χ3n) is 3.13. The predicted octanol–water partition coefficient (Wildman–Crippen LogP) is 3.89. The molecule has 1 aromatic heterocycles. The van der Waals surface area contributed by atoms with Crippen molar-refractivity contribution in [2.45, 2.75) is 16.8 Å². The lowest BCUT2D eigenvalue weighted by atomic mass is 10.1. The normalized spacial score (nSPS) is 10.6. The van der Waals surface area contributed by atoms with Gasteiger partial charge in [-0.15, -0.1) is 0 Å². The second-order valence-corrected chi connectivity index (χ2v) is 5.97. The number of benzene rings is 2. The number of nitrogens with zero attached hydrogens (tertiary/aromatic N) is 2. The minimum absolute atomic E-state index is 0.224. The molecule has 4 nitrogen and oxygen atoms in total. The van der Waals surface area contributed by atoms with Gasteiger partial charge < -0.3 is 10.8 Å². The smallest absolute Gasteiger partial charge is 0.156 e. The van der Waals surface area contributed by atoms with Crippen molar-refractivity contribution in [3.8, 4) is 17.0 Å². The lowest BCUT2D eigenvalue weighted by Gasteiger charge is -2.07. The molecule has 3 N–H and O–H groups in total. The van der Waals surface area contributed by atoms with Crippen molar-refractivity contribution in [3.05, 3.63) is 60.3 Å². The van der Waals surface area contributed by atoms with Crippen molar-refractivity contribution in [2.75, 3.05) is 5.73 Å². The second-order valence-electron chi connectivity index (χ2n) is 4.91. The molecule has 1 heterocycles. The van der Waals surface area contributed by atoms with Crippen LogP contribution in [0.2, 0.25) is 0 Å². The maximum Gasteiger partial charge on any atom is 0.156 e. The van der Waals surface area contributed by atoms with Gasteiger partial charge in [-0.2, -0.15) is 0 Å². The molecule has 0 bridgehead atoms. The van der Waals surface area contributed by atoms with E-state index in [0.717, 1.165) is 16.2 Å². The van der Waals surface area contributed by atoms with Crippen LogP contribution in [0.25, 0.3) is 11.3 Å². The molecule has 0 saturated heterocycles. The first-order valence-electron chi connectivity index (χ1n) is 6.78. The van der Waals surface area contributed by atoms with Crippen LogP contribution in [0, 0.1) is 6.92 Å². The Morgan fingerprint density at radius 2 is 1.86 bits per heavy atom. The highest BCUT2D eigenvalue weighted by Gasteiger charge is 2.09. The van der Waals surface area contributed by atoms with E-state index < -0.39 is 0 Å². The summed E-state index contributed by atoms with van der Waals surface area (Å²) in [6, 6.07) is 15.0. The molecule has 110 valence electrons. The lowest BCUT2D eigenvalue weighted by molar-refractivity contribution is 0.475. The first-order valence-corrected chi connectivity index (χ1v) is 7.60. The summed E-state index contributed by atoms with van der Waals surface area (Å²) in [5, 5.41) is 10.0. The lowest BCUT2D eigenvalue weighted by Crippen LogP contribution is -1.97. The van der Waals surface area contributed by atoms with Gasteiger partial charge in [-0.05, 0) is 43.3 Å². The van der Waals surface area contributed by atoms with E-state index >= 15 is 0 Å². The number of nitrogens with two attached hydrogens (primary N) is 1. The summed E-state index contributed by atoms with van der Waals surface area (Å²) in [7, 11) is 0. The Hall–Kier alpha value is -2.53. The van der Waals surface area contributed by atoms with Gasteiger partial charge in [0.1, 0.15) is 10.8 Å². The SMILES string of the molecule is Cc1cccc(Sc2nc(-c3ccc(O)cc3)cnc2N)c1. The largest absolute Gasteiger partial charge is 0.508 e.